The minimum absolute atomic E-state index is 0.171. The predicted octanol–water partition coefficient (Wildman–Crippen LogP) is 2.15. The molecule has 86 valence electrons. The van der Waals surface area contributed by atoms with E-state index in [9.17, 15) is 0 Å². The zero-order valence-corrected chi connectivity index (χ0v) is 9.26. The fourth-order valence-electron chi connectivity index (χ4n) is 1.92. The number of hydrogen-bond donors (Lipinski definition) is 2. The van der Waals surface area contributed by atoms with E-state index in [1.54, 1.807) is 12.5 Å². The Morgan fingerprint density at radius 2 is 2.29 bits per heavy atom. The molecule has 1 aliphatic heterocycles. The van der Waals surface area contributed by atoms with Gasteiger partial charge in [-0.05, 0) is 12.1 Å². The maximum absolute atomic E-state index is 5.45. The molecule has 2 aromatic rings. The summed E-state index contributed by atoms with van der Waals surface area (Å²) in [6.45, 7) is 0.705. The van der Waals surface area contributed by atoms with Crippen LogP contribution in [-0.4, -0.2) is 9.97 Å². The van der Waals surface area contributed by atoms with Gasteiger partial charge in [0.15, 0.2) is 0 Å². The van der Waals surface area contributed by atoms with Crippen molar-refractivity contribution in [3.05, 3.63) is 60.4 Å². The number of H-pyrrole nitrogens is 1. The van der Waals surface area contributed by atoms with Gasteiger partial charge in [0.05, 0.1) is 18.8 Å². The van der Waals surface area contributed by atoms with Crippen LogP contribution in [0.4, 0.5) is 0 Å². The second-order valence-corrected chi connectivity index (χ2v) is 3.88. The zero-order valence-electron chi connectivity index (χ0n) is 9.26. The van der Waals surface area contributed by atoms with Crippen molar-refractivity contribution in [2.45, 2.75) is 12.6 Å². The van der Waals surface area contributed by atoms with Gasteiger partial charge in [0, 0.05) is 18.0 Å². The Kier molecular flexibility index (Phi) is 2.63. The predicted molar refractivity (Wildman–Crippen MR) is 64.4 cm³/mol. The van der Waals surface area contributed by atoms with Crippen LogP contribution >= 0.6 is 0 Å². The largest absolute Gasteiger partial charge is 0.465 e. The minimum atomic E-state index is 0.171. The highest BCUT2D eigenvalue weighted by Crippen LogP contribution is 2.29. The molecule has 1 aliphatic rings. The first-order valence-corrected chi connectivity index (χ1v) is 5.57. The van der Waals surface area contributed by atoms with Crippen molar-refractivity contribution in [1.29, 1.82) is 0 Å². The molecule has 4 nitrogen and oxygen atoms in total. The maximum atomic E-state index is 5.45. The maximum Gasteiger partial charge on any atom is 0.131 e. The Labute approximate surface area is 99.3 Å². The number of rotatable bonds is 3. The number of fused-ring (bicyclic) bond motifs is 1. The van der Waals surface area contributed by atoms with E-state index in [2.05, 4.69) is 21.4 Å². The average molecular weight is 227 g/mol. The molecule has 17 heavy (non-hydrogen) atoms. The number of nitrogens with zero attached hydrogens (tertiary/aromatic N) is 1. The summed E-state index contributed by atoms with van der Waals surface area (Å²) in [7, 11) is 0. The first-order valence-electron chi connectivity index (χ1n) is 5.57. The molecule has 0 amide bonds. The normalized spacial score (nSPS) is 17.5. The molecule has 2 heterocycles. The van der Waals surface area contributed by atoms with Crippen LogP contribution < -0.4 is 10.1 Å². The Hall–Kier alpha value is -2.07. The van der Waals surface area contributed by atoms with Gasteiger partial charge >= 0.3 is 0 Å². The van der Waals surface area contributed by atoms with Gasteiger partial charge in [-0.1, -0.05) is 18.2 Å². The SMILES string of the molecule is C1=CC(NCc2ncc[nH]2)c2ccccc2O1. The van der Waals surface area contributed by atoms with Crippen molar-refractivity contribution in [1.82, 2.24) is 15.3 Å². The fourth-order valence-corrected chi connectivity index (χ4v) is 1.92. The molecule has 1 unspecified atom stereocenters. The molecular formula is C13H13N3O. The van der Waals surface area contributed by atoms with Crippen LogP contribution in [0.2, 0.25) is 0 Å². The number of para-hydroxylation sites is 1. The summed E-state index contributed by atoms with van der Waals surface area (Å²) in [5.41, 5.74) is 1.15. The zero-order chi connectivity index (χ0) is 11.5. The minimum Gasteiger partial charge on any atom is -0.465 e. The first-order chi connectivity index (χ1) is 8.43. The third-order valence-corrected chi connectivity index (χ3v) is 2.76. The summed E-state index contributed by atoms with van der Waals surface area (Å²) in [5.74, 6) is 1.84. The topological polar surface area (TPSA) is 49.9 Å². The third kappa shape index (κ3) is 2.07. The standard InChI is InChI=1S/C13H13N3O/c1-2-4-12-10(3-1)11(5-8-17-12)16-9-13-14-6-7-15-13/h1-8,11,16H,9H2,(H,14,15). The van der Waals surface area contributed by atoms with Crippen LogP contribution in [-0.2, 0) is 6.54 Å². The second-order valence-electron chi connectivity index (χ2n) is 3.88. The van der Waals surface area contributed by atoms with Gasteiger partial charge in [-0.15, -0.1) is 0 Å². The van der Waals surface area contributed by atoms with Crippen molar-refractivity contribution in [3.8, 4) is 5.75 Å². The number of nitrogens with one attached hydrogen (secondary N) is 2. The van der Waals surface area contributed by atoms with E-state index in [1.165, 1.54) is 0 Å². The molecule has 1 aromatic carbocycles. The van der Waals surface area contributed by atoms with Crippen LogP contribution in [0.5, 0.6) is 5.75 Å². The molecular weight excluding hydrogens is 214 g/mol. The molecule has 4 heteroatoms. The highest BCUT2D eigenvalue weighted by atomic mass is 16.5. The van der Waals surface area contributed by atoms with Gasteiger partial charge < -0.3 is 9.72 Å². The highest BCUT2D eigenvalue weighted by Gasteiger charge is 2.16. The number of aromatic nitrogens is 2. The Bertz CT molecular complexity index is 519. The van der Waals surface area contributed by atoms with E-state index in [4.69, 9.17) is 4.74 Å². The van der Waals surface area contributed by atoms with Crippen LogP contribution in [0.25, 0.3) is 0 Å². The molecule has 0 spiro atoms. The van der Waals surface area contributed by atoms with Crippen LogP contribution in [0.15, 0.2) is 49.0 Å². The van der Waals surface area contributed by atoms with Gasteiger partial charge in [0.2, 0.25) is 0 Å². The van der Waals surface area contributed by atoms with Gasteiger partial charge in [0.25, 0.3) is 0 Å². The van der Waals surface area contributed by atoms with Crippen molar-refractivity contribution in [3.63, 3.8) is 0 Å². The lowest BCUT2D eigenvalue weighted by atomic mass is 10.0. The van der Waals surface area contributed by atoms with E-state index in [1.807, 2.05) is 30.5 Å². The second kappa shape index (κ2) is 4.43. The number of imidazole rings is 1. The molecule has 0 saturated heterocycles. The van der Waals surface area contributed by atoms with Gasteiger partial charge in [-0.2, -0.15) is 0 Å². The highest BCUT2D eigenvalue weighted by molar-refractivity contribution is 5.40. The Balaban J connectivity index is 1.75. The lowest BCUT2D eigenvalue weighted by Crippen LogP contribution is -2.22. The monoisotopic (exact) mass is 227 g/mol. The number of ether oxygens (including phenoxy) is 1. The first kappa shape index (κ1) is 10.1. The van der Waals surface area contributed by atoms with E-state index in [0.717, 1.165) is 17.1 Å². The van der Waals surface area contributed by atoms with Crippen molar-refractivity contribution >= 4 is 0 Å². The molecule has 1 aromatic heterocycles. The quantitative estimate of drug-likeness (QED) is 0.844. The third-order valence-electron chi connectivity index (χ3n) is 2.76. The number of benzene rings is 1. The van der Waals surface area contributed by atoms with E-state index in [-0.39, 0.29) is 6.04 Å². The lowest BCUT2D eigenvalue weighted by Gasteiger charge is -2.21. The average Bonchev–Trinajstić information content (AvgIpc) is 2.89. The fraction of sp³-hybridized carbons (Fsp3) is 0.154. The molecule has 0 aliphatic carbocycles. The van der Waals surface area contributed by atoms with E-state index >= 15 is 0 Å². The molecule has 0 radical (unpaired) electrons. The van der Waals surface area contributed by atoms with E-state index < -0.39 is 0 Å². The summed E-state index contributed by atoms with van der Waals surface area (Å²) in [4.78, 5) is 7.25. The summed E-state index contributed by atoms with van der Waals surface area (Å²) >= 11 is 0. The van der Waals surface area contributed by atoms with Crippen molar-refractivity contribution < 1.29 is 4.74 Å². The summed E-state index contributed by atoms with van der Waals surface area (Å²) in [6, 6.07) is 8.20. The summed E-state index contributed by atoms with van der Waals surface area (Å²) in [5, 5.41) is 3.42. The number of hydrogen-bond acceptors (Lipinski definition) is 3. The van der Waals surface area contributed by atoms with Crippen molar-refractivity contribution in [2.24, 2.45) is 0 Å². The molecule has 0 saturated carbocycles. The van der Waals surface area contributed by atoms with Gasteiger partial charge in [-0.25, -0.2) is 4.98 Å². The molecule has 2 N–H and O–H groups in total. The van der Waals surface area contributed by atoms with Crippen LogP contribution in [0.1, 0.15) is 17.4 Å². The Morgan fingerprint density at radius 1 is 1.35 bits per heavy atom. The summed E-state index contributed by atoms with van der Waals surface area (Å²) in [6.07, 6.45) is 7.31. The van der Waals surface area contributed by atoms with Crippen molar-refractivity contribution in [2.75, 3.05) is 0 Å². The summed E-state index contributed by atoms with van der Waals surface area (Å²) < 4.78 is 5.45. The molecule has 3 rings (SSSR count). The van der Waals surface area contributed by atoms with Gasteiger partial charge in [-0.3, -0.25) is 5.32 Å². The molecule has 0 fully saturated rings. The lowest BCUT2D eigenvalue weighted by molar-refractivity contribution is 0.437. The van der Waals surface area contributed by atoms with Crippen LogP contribution in [0.3, 0.4) is 0 Å². The smallest absolute Gasteiger partial charge is 0.131 e. The Morgan fingerprint density at radius 3 is 3.18 bits per heavy atom. The van der Waals surface area contributed by atoms with Gasteiger partial charge in [0.1, 0.15) is 11.6 Å². The molecule has 1 atom stereocenters. The molecule has 0 bridgehead atoms. The number of aromatic amines is 1. The van der Waals surface area contributed by atoms with E-state index in [0.29, 0.717) is 6.54 Å². The van der Waals surface area contributed by atoms with Crippen LogP contribution in [0, 0.1) is 0 Å².